The minimum absolute atomic E-state index is 0.0757. The van der Waals surface area contributed by atoms with Gasteiger partial charge < -0.3 is 4.74 Å². The number of nitrogens with zero attached hydrogens (tertiary/aromatic N) is 2. The van der Waals surface area contributed by atoms with E-state index in [0.29, 0.717) is 22.4 Å². The number of hydrogen-bond donors (Lipinski definition) is 0. The van der Waals surface area contributed by atoms with Gasteiger partial charge in [0.05, 0.1) is 19.1 Å². The van der Waals surface area contributed by atoms with Crippen molar-refractivity contribution < 1.29 is 9.53 Å². The molecule has 0 N–H and O–H groups in total. The van der Waals surface area contributed by atoms with Gasteiger partial charge >= 0.3 is 0 Å². The zero-order valence-corrected chi connectivity index (χ0v) is 11.9. The van der Waals surface area contributed by atoms with E-state index in [2.05, 4.69) is 18.9 Å². The summed E-state index contributed by atoms with van der Waals surface area (Å²) < 4.78 is 6.91. The van der Waals surface area contributed by atoms with Crippen LogP contribution in [-0.2, 0) is 0 Å². The van der Waals surface area contributed by atoms with Crippen LogP contribution in [0.1, 0.15) is 44.2 Å². The van der Waals surface area contributed by atoms with Crippen molar-refractivity contribution >= 4 is 17.5 Å². The molecule has 17 heavy (non-hydrogen) atoms. The van der Waals surface area contributed by atoms with E-state index in [1.165, 1.54) is 0 Å². The lowest BCUT2D eigenvalue weighted by Gasteiger charge is -2.11. The summed E-state index contributed by atoms with van der Waals surface area (Å²) >= 11 is 1.63. The number of Topliss-reactive ketones (excluding diaryl/α,β-unsaturated/α-hetero) is 1. The third-order valence-corrected chi connectivity index (χ3v) is 3.38. The molecule has 4 nitrogen and oxygen atoms in total. The van der Waals surface area contributed by atoms with Gasteiger partial charge in [-0.1, -0.05) is 13.8 Å². The lowest BCUT2D eigenvalue weighted by atomic mass is 10.2. The van der Waals surface area contributed by atoms with Crippen molar-refractivity contribution in [3.05, 3.63) is 11.9 Å². The molecule has 0 aliphatic carbocycles. The van der Waals surface area contributed by atoms with Gasteiger partial charge in [-0.2, -0.15) is 16.9 Å². The van der Waals surface area contributed by atoms with Gasteiger partial charge in [-0.25, -0.2) is 0 Å². The fourth-order valence-corrected chi connectivity index (χ4v) is 2.08. The van der Waals surface area contributed by atoms with Crippen molar-refractivity contribution in [3.8, 4) is 5.75 Å². The normalized spacial score (nSPS) is 11.2. The molecule has 0 unspecified atom stereocenters. The van der Waals surface area contributed by atoms with Gasteiger partial charge in [0.15, 0.2) is 11.5 Å². The molecule has 0 aromatic carbocycles. The predicted molar refractivity (Wildman–Crippen MR) is 71.1 cm³/mol. The topological polar surface area (TPSA) is 44.1 Å². The summed E-state index contributed by atoms with van der Waals surface area (Å²) in [5, 5.41) is 4.64. The summed E-state index contributed by atoms with van der Waals surface area (Å²) in [7, 11) is 1.56. The minimum atomic E-state index is 0.0757. The van der Waals surface area contributed by atoms with Crippen LogP contribution in [0.4, 0.5) is 0 Å². The second-order valence-electron chi connectivity index (χ2n) is 4.38. The quantitative estimate of drug-likeness (QED) is 0.734. The van der Waals surface area contributed by atoms with Gasteiger partial charge in [0.1, 0.15) is 5.69 Å². The van der Waals surface area contributed by atoms with Crippen LogP contribution in [0.5, 0.6) is 5.75 Å². The molecular formula is C12H20N2O2S. The molecule has 1 aromatic rings. The van der Waals surface area contributed by atoms with E-state index in [0.717, 1.165) is 0 Å². The van der Waals surface area contributed by atoms with Crippen LogP contribution >= 0.6 is 11.8 Å². The molecule has 96 valence electrons. The fraction of sp³-hybridized carbons (Fsp3) is 0.667. The highest BCUT2D eigenvalue weighted by atomic mass is 32.2. The van der Waals surface area contributed by atoms with Crippen LogP contribution in [0.2, 0.25) is 0 Å². The van der Waals surface area contributed by atoms with Crippen LogP contribution in [0.25, 0.3) is 0 Å². The minimum Gasteiger partial charge on any atom is -0.493 e. The average Bonchev–Trinajstić information content (AvgIpc) is 2.69. The Labute approximate surface area is 107 Å². The van der Waals surface area contributed by atoms with Crippen LogP contribution in [-0.4, -0.2) is 33.7 Å². The monoisotopic (exact) mass is 256 g/mol. The molecule has 0 fully saturated rings. The third-order valence-electron chi connectivity index (χ3n) is 2.28. The summed E-state index contributed by atoms with van der Waals surface area (Å²) in [5.41, 5.74) is 0.579. The fourth-order valence-electron chi connectivity index (χ4n) is 1.46. The van der Waals surface area contributed by atoms with E-state index in [1.807, 2.05) is 13.8 Å². The molecular weight excluding hydrogens is 236 g/mol. The summed E-state index contributed by atoms with van der Waals surface area (Å²) in [6.07, 6.45) is 1.60. The average molecular weight is 256 g/mol. The summed E-state index contributed by atoms with van der Waals surface area (Å²) in [4.78, 5) is 12.2. The lowest BCUT2D eigenvalue weighted by Crippen LogP contribution is -2.15. The van der Waals surface area contributed by atoms with Crippen molar-refractivity contribution in [2.45, 2.75) is 39.0 Å². The van der Waals surface area contributed by atoms with E-state index < -0.39 is 0 Å². The number of carbonyl (C=O) groups excluding carboxylic acids is 1. The Bertz CT molecular complexity index is 386. The first kappa shape index (κ1) is 14.1. The first-order valence-corrected chi connectivity index (χ1v) is 6.78. The maximum Gasteiger partial charge on any atom is 0.194 e. The second-order valence-corrected chi connectivity index (χ2v) is 5.95. The van der Waals surface area contributed by atoms with Crippen molar-refractivity contribution in [3.63, 3.8) is 0 Å². The summed E-state index contributed by atoms with van der Waals surface area (Å²) in [6.45, 7) is 8.15. The molecule has 5 heteroatoms. The molecule has 1 heterocycles. The van der Waals surface area contributed by atoms with E-state index in [-0.39, 0.29) is 11.8 Å². The van der Waals surface area contributed by atoms with E-state index >= 15 is 0 Å². The first-order valence-electron chi connectivity index (χ1n) is 5.73. The van der Waals surface area contributed by atoms with Gasteiger partial charge in [0.25, 0.3) is 0 Å². The summed E-state index contributed by atoms with van der Waals surface area (Å²) in [5.74, 6) is 1.10. The third kappa shape index (κ3) is 3.49. The zero-order valence-electron chi connectivity index (χ0n) is 11.1. The number of hydrogen-bond acceptors (Lipinski definition) is 4. The Hall–Kier alpha value is -0.970. The highest BCUT2D eigenvalue weighted by molar-refractivity contribution is 8.00. The van der Waals surface area contributed by atoms with Gasteiger partial charge in [-0.3, -0.25) is 9.48 Å². The number of aromatic nitrogens is 2. The van der Waals surface area contributed by atoms with Crippen LogP contribution in [0.15, 0.2) is 6.20 Å². The van der Waals surface area contributed by atoms with Gasteiger partial charge in [0.2, 0.25) is 0 Å². The second kappa shape index (κ2) is 6.10. The van der Waals surface area contributed by atoms with Crippen molar-refractivity contribution in [1.29, 1.82) is 0 Å². The molecule has 1 rings (SSSR count). The Kier molecular flexibility index (Phi) is 5.05. The van der Waals surface area contributed by atoms with Crippen molar-refractivity contribution in [2.75, 3.05) is 12.9 Å². The maximum atomic E-state index is 12.2. The molecule has 0 spiro atoms. The zero-order chi connectivity index (χ0) is 13.0. The van der Waals surface area contributed by atoms with Crippen LogP contribution in [0.3, 0.4) is 0 Å². The standard InChI is InChI=1S/C12H20N2O2S/c1-8(2)14-12(11(16-5)6-13-14)10(15)7-17-9(3)4/h6,8-9H,7H2,1-5H3. The number of thioether (sulfide) groups is 1. The number of rotatable bonds is 6. The van der Waals surface area contributed by atoms with Crippen molar-refractivity contribution in [2.24, 2.45) is 0 Å². The molecule has 1 aromatic heterocycles. The van der Waals surface area contributed by atoms with Crippen LogP contribution in [0, 0.1) is 0 Å². The lowest BCUT2D eigenvalue weighted by molar-refractivity contribution is 0.100. The van der Waals surface area contributed by atoms with E-state index in [1.54, 1.807) is 29.8 Å². The molecule has 0 radical (unpaired) electrons. The van der Waals surface area contributed by atoms with Gasteiger partial charge in [0, 0.05) is 6.04 Å². The number of methoxy groups -OCH3 is 1. The Morgan fingerprint density at radius 2 is 2.12 bits per heavy atom. The molecule has 0 aliphatic rings. The summed E-state index contributed by atoms with van der Waals surface area (Å²) in [6, 6.07) is 0.155. The van der Waals surface area contributed by atoms with E-state index in [9.17, 15) is 4.79 Å². The molecule has 0 atom stereocenters. The predicted octanol–water partition coefficient (Wildman–Crippen LogP) is 2.80. The van der Waals surface area contributed by atoms with Gasteiger partial charge in [-0.15, -0.1) is 0 Å². The van der Waals surface area contributed by atoms with Crippen LogP contribution < -0.4 is 4.74 Å². The molecule has 0 aliphatic heterocycles. The largest absolute Gasteiger partial charge is 0.493 e. The Balaban J connectivity index is 2.93. The van der Waals surface area contributed by atoms with Gasteiger partial charge in [-0.05, 0) is 19.1 Å². The SMILES string of the molecule is COc1cnn(C(C)C)c1C(=O)CSC(C)C. The number of ketones is 1. The molecule has 0 saturated carbocycles. The van der Waals surface area contributed by atoms with E-state index in [4.69, 9.17) is 4.74 Å². The maximum absolute atomic E-state index is 12.2. The Morgan fingerprint density at radius 3 is 2.59 bits per heavy atom. The highest BCUT2D eigenvalue weighted by Crippen LogP contribution is 2.23. The molecule has 0 saturated heterocycles. The number of ether oxygens (including phenoxy) is 1. The Morgan fingerprint density at radius 1 is 1.47 bits per heavy atom. The highest BCUT2D eigenvalue weighted by Gasteiger charge is 2.20. The first-order chi connectivity index (χ1) is 7.97. The smallest absolute Gasteiger partial charge is 0.194 e. The van der Waals surface area contributed by atoms with Crippen molar-refractivity contribution in [1.82, 2.24) is 9.78 Å². The molecule has 0 bridgehead atoms. The number of carbonyl (C=O) groups is 1. The molecule has 0 amide bonds.